The van der Waals surface area contributed by atoms with Crippen molar-refractivity contribution in [3.63, 3.8) is 0 Å². The van der Waals surface area contributed by atoms with E-state index >= 15 is 0 Å². The Hall–Kier alpha value is -4.35. The van der Waals surface area contributed by atoms with Crippen LogP contribution in [0.1, 0.15) is 51.0 Å². The van der Waals surface area contributed by atoms with Crippen LogP contribution in [-0.4, -0.2) is 9.97 Å². The van der Waals surface area contributed by atoms with Crippen LogP contribution in [-0.2, 0) is 7.05 Å². The van der Waals surface area contributed by atoms with Crippen molar-refractivity contribution in [2.24, 2.45) is 7.05 Å². The fraction of sp³-hybridized carbons (Fsp3) is 0.121. The maximum absolute atomic E-state index is 6.38. The zero-order valence-electron chi connectivity index (χ0n) is 20.9. The van der Waals surface area contributed by atoms with Crippen LogP contribution in [0, 0.1) is 6.92 Å². The molecule has 4 heterocycles. The first-order valence-electron chi connectivity index (χ1n) is 12.9. The van der Waals surface area contributed by atoms with E-state index in [4.69, 9.17) is 9.40 Å². The van der Waals surface area contributed by atoms with E-state index in [-0.39, 0.29) is 11.8 Å². The van der Waals surface area contributed by atoms with Gasteiger partial charge in [-0.1, -0.05) is 36.4 Å². The summed E-state index contributed by atoms with van der Waals surface area (Å²) >= 11 is 1.77. The Morgan fingerprint density at radius 1 is 0.816 bits per heavy atom. The van der Waals surface area contributed by atoms with Crippen LogP contribution < -0.4 is 4.57 Å². The number of rotatable bonds is 1. The Morgan fingerprint density at radius 3 is 2.39 bits per heavy atom. The van der Waals surface area contributed by atoms with E-state index in [1.807, 2.05) is 12.3 Å². The average molecular weight is 509 g/mol. The lowest BCUT2D eigenvalue weighted by molar-refractivity contribution is -0.669. The Kier molecular flexibility index (Phi) is 3.89. The summed E-state index contributed by atoms with van der Waals surface area (Å²) in [5.74, 6) is 0.276. The summed E-state index contributed by atoms with van der Waals surface area (Å²) in [4.78, 5) is 9.72. The van der Waals surface area contributed by atoms with Crippen molar-refractivity contribution < 1.29 is 8.98 Å². The van der Waals surface area contributed by atoms with Crippen LogP contribution in [0.15, 0.2) is 88.2 Å². The first kappa shape index (κ1) is 20.7. The molecule has 0 aliphatic heterocycles. The lowest BCUT2D eigenvalue weighted by Crippen LogP contribution is -2.45. The number of hydrogen-bond donors (Lipinski definition) is 0. The lowest BCUT2D eigenvalue weighted by atomic mass is 9.63. The zero-order chi connectivity index (χ0) is 25.1. The molecule has 2 bridgehead atoms. The Morgan fingerprint density at radius 2 is 1.58 bits per heavy atom. The van der Waals surface area contributed by atoms with Gasteiger partial charge in [-0.3, -0.25) is 0 Å². The topological polar surface area (TPSA) is 42.8 Å². The molecule has 38 heavy (non-hydrogen) atoms. The average Bonchev–Trinajstić information content (AvgIpc) is 3.56. The standard InChI is InChI=1S/C33H22N3OS/c1-17-9-10-22-23-8-5-11-34-33(23)37-32(22)27(17)26-14-35-30-28-20-6-3-4-7-21(20)29(31(30)36(26)2)25-13-19-16-38-15-18(19)12-24(25)28/h3-16,28-29H,1-2H3/q+1. The van der Waals surface area contributed by atoms with Crippen molar-refractivity contribution in [3.05, 3.63) is 123 Å². The van der Waals surface area contributed by atoms with Gasteiger partial charge in [0.2, 0.25) is 17.1 Å². The third-order valence-electron chi connectivity index (χ3n) is 8.66. The molecule has 0 spiro atoms. The summed E-state index contributed by atoms with van der Waals surface area (Å²) in [6, 6.07) is 22.1. The number of furan rings is 1. The highest BCUT2D eigenvalue weighted by atomic mass is 32.1. The highest BCUT2D eigenvalue weighted by Gasteiger charge is 2.48. The minimum absolute atomic E-state index is 0.137. The molecular formula is C33H22N3OS+. The summed E-state index contributed by atoms with van der Waals surface area (Å²) in [7, 11) is 2.20. The van der Waals surface area contributed by atoms with E-state index in [1.54, 1.807) is 17.5 Å². The number of thiophene rings is 1. The Bertz CT molecular complexity index is 2140. The van der Waals surface area contributed by atoms with Crippen LogP contribution in [0.25, 0.3) is 44.1 Å². The molecule has 0 saturated heterocycles. The van der Waals surface area contributed by atoms with E-state index < -0.39 is 0 Å². The van der Waals surface area contributed by atoms with Gasteiger partial charge in [-0.15, -0.1) is 0 Å². The van der Waals surface area contributed by atoms with Crippen LogP contribution in [0.2, 0.25) is 0 Å². The van der Waals surface area contributed by atoms with Crippen LogP contribution >= 0.6 is 11.3 Å². The van der Waals surface area contributed by atoms with E-state index in [0.29, 0.717) is 5.71 Å². The molecule has 3 aliphatic carbocycles. The lowest BCUT2D eigenvalue weighted by Gasteiger charge is -2.39. The van der Waals surface area contributed by atoms with Gasteiger partial charge in [0, 0.05) is 17.0 Å². The summed E-state index contributed by atoms with van der Waals surface area (Å²) in [5, 5.41) is 9.29. The fourth-order valence-corrected chi connectivity index (χ4v) is 7.76. The summed E-state index contributed by atoms with van der Waals surface area (Å²) in [6.07, 6.45) is 3.83. The number of aryl methyl sites for hydroxylation is 1. The smallest absolute Gasteiger partial charge is 0.235 e. The quantitative estimate of drug-likeness (QED) is 0.217. The number of aromatic nitrogens is 3. The molecule has 3 aliphatic rings. The molecule has 0 N–H and O–H groups in total. The third kappa shape index (κ3) is 2.47. The first-order valence-corrected chi connectivity index (χ1v) is 13.9. The number of nitrogens with zero attached hydrogens (tertiary/aromatic N) is 3. The van der Waals surface area contributed by atoms with Crippen molar-refractivity contribution in [2.45, 2.75) is 18.8 Å². The molecular weight excluding hydrogens is 486 g/mol. The predicted octanol–water partition coefficient (Wildman–Crippen LogP) is 7.38. The summed E-state index contributed by atoms with van der Waals surface area (Å²) in [6.45, 7) is 2.15. The monoisotopic (exact) mass is 508 g/mol. The van der Waals surface area contributed by atoms with Gasteiger partial charge < -0.3 is 4.42 Å². The summed E-state index contributed by atoms with van der Waals surface area (Å²) < 4.78 is 8.75. The van der Waals surface area contributed by atoms with E-state index in [9.17, 15) is 0 Å². The molecule has 10 rings (SSSR count). The van der Waals surface area contributed by atoms with E-state index in [2.05, 4.69) is 88.9 Å². The molecule has 2 unspecified atom stereocenters. The highest BCUT2D eigenvalue weighted by Crippen LogP contribution is 2.55. The van der Waals surface area contributed by atoms with Crippen LogP contribution in [0.3, 0.4) is 0 Å². The van der Waals surface area contributed by atoms with Crippen molar-refractivity contribution >= 4 is 44.2 Å². The molecule has 0 fully saturated rings. The highest BCUT2D eigenvalue weighted by molar-refractivity contribution is 7.09. The van der Waals surface area contributed by atoms with Gasteiger partial charge in [0.25, 0.3) is 0 Å². The zero-order valence-corrected chi connectivity index (χ0v) is 21.7. The normalized spacial score (nSPS) is 17.2. The number of hydrogen-bond acceptors (Lipinski definition) is 4. The molecule has 4 aromatic heterocycles. The van der Waals surface area contributed by atoms with E-state index in [1.165, 1.54) is 38.7 Å². The maximum atomic E-state index is 6.38. The second-order valence-electron chi connectivity index (χ2n) is 10.5. The van der Waals surface area contributed by atoms with Crippen LogP contribution in [0.5, 0.6) is 0 Å². The fourth-order valence-electron chi connectivity index (χ4n) is 6.99. The molecule has 5 heteroatoms. The van der Waals surface area contributed by atoms with Crippen molar-refractivity contribution in [1.29, 1.82) is 0 Å². The summed E-state index contributed by atoms with van der Waals surface area (Å²) in [5.41, 5.74) is 12.9. The van der Waals surface area contributed by atoms with Crippen molar-refractivity contribution in [3.8, 4) is 11.3 Å². The van der Waals surface area contributed by atoms with Gasteiger partial charge in [0.1, 0.15) is 12.7 Å². The molecule has 4 nitrogen and oxygen atoms in total. The third-order valence-corrected chi connectivity index (χ3v) is 9.44. The largest absolute Gasteiger partial charge is 0.437 e. The SMILES string of the molecule is Cc1ccc2c(oc3ncccc32)c1-c1cnc2c([n+]1C)C1c3ccccc3C2c2cc3cscc3cc21. The molecule has 180 valence electrons. The van der Waals surface area contributed by atoms with Gasteiger partial charge in [-0.2, -0.15) is 15.9 Å². The number of pyridine rings is 1. The van der Waals surface area contributed by atoms with Crippen molar-refractivity contribution in [1.82, 2.24) is 9.97 Å². The Labute approximate surface area is 222 Å². The molecule has 0 radical (unpaired) electrons. The maximum Gasteiger partial charge on any atom is 0.235 e. The second-order valence-corrected chi connectivity index (χ2v) is 11.3. The van der Waals surface area contributed by atoms with Gasteiger partial charge >= 0.3 is 0 Å². The molecule has 0 saturated carbocycles. The molecule has 2 atom stereocenters. The van der Waals surface area contributed by atoms with Gasteiger partial charge in [0.05, 0.1) is 23.6 Å². The number of fused-ring (bicyclic) bond motifs is 4. The van der Waals surface area contributed by atoms with Gasteiger partial charge in [-0.05, 0) is 80.5 Å². The molecule has 7 aromatic rings. The number of benzene rings is 3. The molecule has 0 amide bonds. The van der Waals surface area contributed by atoms with Gasteiger partial charge in [-0.25, -0.2) is 9.97 Å². The molecule has 3 aromatic carbocycles. The second kappa shape index (κ2) is 7.15. The first-order chi connectivity index (χ1) is 18.7. The van der Waals surface area contributed by atoms with Crippen molar-refractivity contribution in [2.75, 3.05) is 0 Å². The Balaban J connectivity index is 1.35. The van der Waals surface area contributed by atoms with Crippen LogP contribution in [0.4, 0.5) is 0 Å². The van der Waals surface area contributed by atoms with E-state index in [0.717, 1.165) is 38.9 Å². The minimum Gasteiger partial charge on any atom is -0.437 e. The van der Waals surface area contributed by atoms with Gasteiger partial charge in [0.15, 0.2) is 5.58 Å². The predicted molar refractivity (Wildman–Crippen MR) is 151 cm³/mol. The minimum atomic E-state index is 0.137.